The van der Waals surface area contributed by atoms with E-state index < -0.39 is 17.3 Å². The maximum atomic E-state index is 12.8. The van der Waals surface area contributed by atoms with Crippen LogP contribution in [0.15, 0.2) is 67.0 Å². The topological polar surface area (TPSA) is 98.8 Å². The number of ether oxygens (including phenoxy) is 2. The van der Waals surface area contributed by atoms with Gasteiger partial charge in [0.15, 0.2) is 11.2 Å². The smallest absolute Gasteiger partial charge is 0.177 e. The highest BCUT2D eigenvalue weighted by molar-refractivity contribution is 5.59. The molecule has 1 aromatic heterocycles. The number of fused-ring (bicyclic) bond motifs is 3. The van der Waals surface area contributed by atoms with Crippen molar-refractivity contribution in [3.05, 3.63) is 89.2 Å². The van der Waals surface area contributed by atoms with Crippen molar-refractivity contribution in [1.82, 2.24) is 9.88 Å². The minimum absolute atomic E-state index is 0.322. The molecule has 0 radical (unpaired) electrons. The third-order valence-corrected chi connectivity index (χ3v) is 8.28. The second-order valence-corrected chi connectivity index (χ2v) is 10.0. The molecule has 3 unspecified atom stereocenters. The summed E-state index contributed by atoms with van der Waals surface area (Å²) < 4.78 is 12.4. The molecule has 2 aromatic carbocycles. The van der Waals surface area contributed by atoms with Crippen LogP contribution >= 0.6 is 0 Å². The van der Waals surface area contributed by atoms with Crippen LogP contribution in [0.1, 0.15) is 41.0 Å². The minimum Gasteiger partial charge on any atom is -0.495 e. The third kappa shape index (κ3) is 3.05. The number of methoxy groups -OCH3 is 1. The van der Waals surface area contributed by atoms with Crippen molar-refractivity contribution in [2.45, 2.75) is 36.1 Å². The molecule has 1 saturated heterocycles. The summed E-state index contributed by atoms with van der Waals surface area (Å²) in [5, 5.41) is 34.3. The van der Waals surface area contributed by atoms with E-state index in [2.05, 4.69) is 16.0 Å². The normalized spacial score (nSPS) is 30.9. The van der Waals surface area contributed by atoms with E-state index in [4.69, 9.17) is 9.47 Å². The van der Waals surface area contributed by atoms with Crippen LogP contribution in [0, 0.1) is 17.2 Å². The molecule has 2 N–H and O–H groups in total. The van der Waals surface area contributed by atoms with Crippen LogP contribution in [-0.4, -0.2) is 52.9 Å². The molecule has 1 aliphatic carbocycles. The van der Waals surface area contributed by atoms with E-state index in [9.17, 15) is 15.5 Å². The summed E-state index contributed by atoms with van der Waals surface area (Å²) in [6.07, 6.45) is 4.24. The van der Waals surface area contributed by atoms with E-state index in [0.29, 0.717) is 34.7 Å². The van der Waals surface area contributed by atoms with E-state index in [1.54, 1.807) is 24.5 Å². The lowest BCUT2D eigenvalue weighted by molar-refractivity contribution is -0.152. The van der Waals surface area contributed by atoms with Crippen LogP contribution in [-0.2, 0) is 11.2 Å². The zero-order valence-corrected chi connectivity index (χ0v) is 20.2. The van der Waals surface area contributed by atoms with Gasteiger partial charge in [0, 0.05) is 18.4 Å². The van der Waals surface area contributed by atoms with Gasteiger partial charge in [-0.1, -0.05) is 42.5 Å². The van der Waals surface area contributed by atoms with Crippen LogP contribution in [0.2, 0.25) is 0 Å². The summed E-state index contributed by atoms with van der Waals surface area (Å²) in [7, 11) is 1.53. The fourth-order valence-electron chi connectivity index (χ4n) is 6.79. The van der Waals surface area contributed by atoms with Gasteiger partial charge in [-0.05, 0) is 49.2 Å². The Hall–Kier alpha value is -3.44. The second-order valence-electron chi connectivity index (χ2n) is 10.0. The molecular weight excluding hydrogens is 454 g/mol. The summed E-state index contributed by atoms with van der Waals surface area (Å²) in [6.45, 7) is 2.57. The molecule has 5 atom stereocenters. The average molecular weight is 484 g/mol. The quantitative estimate of drug-likeness (QED) is 0.575. The van der Waals surface area contributed by atoms with Gasteiger partial charge in [-0.2, -0.15) is 5.26 Å². The molecule has 7 heteroatoms. The first-order chi connectivity index (χ1) is 17.5. The first-order valence-corrected chi connectivity index (χ1v) is 12.4. The van der Waals surface area contributed by atoms with Gasteiger partial charge in [-0.25, -0.2) is 0 Å². The van der Waals surface area contributed by atoms with Gasteiger partial charge >= 0.3 is 0 Å². The number of hydrogen-bond acceptors (Lipinski definition) is 7. The number of pyridine rings is 1. The van der Waals surface area contributed by atoms with Gasteiger partial charge in [0.25, 0.3) is 0 Å². The van der Waals surface area contributed by atoms with Crippen molar-refractivity contribution in [1.29, 1.82) is 5.26 Å². The van der Waals surface area contributed by atoms with Gasteiger partial charge in [0.2, 0.25) is 0 Å². The molecular formula is C29H29N3O4. The van der Waals surface area contributed by atoms with Crippen molar-refractivity contribution < 1.29 is 19.7 Å². The fourth-order valence-corrected chi connectivity index (χ4v) is 6.79. The maximum Gasteiger partial charge on any atom is 0.177 e. The predicted molar refractivity (Wildman–Crippen MR) is 133 cm³/mol. The molecule has 1 saturated carbocycles. The lowest BCUT2D eigenvalue weighted by Gasteiger charge is -2.41. The van der Waals surface area contributed by atoms with E-state index >= 15 is 0 Å². The maximum absolute atomic E-state index is 12.8. The van der Waals surface area contributed by atoms with E-state index in [1.165, 1.54) is 7.11 Å². The van der Waals surface area contributed by atoms with Crippen molar-refractivity contribution in [2.75, 3.05) is 26.7 Å². The summed E-state index contributed by atoms with van der Waals surface area (Å²) in [5.74, 6) is 0.0560. The number of nitriles is 1. The van der Waals surface area contributed by atoms with Crippen LogP contribution in [0.5, 0.6) is 11.5 Å². The predicted octanol–water partition coefficient (Wildman–Crippen LogP) is 3.31. The Morgan fingerprint density at radius 3 is 2.50 bits per heavy atom. The molecule has 7 nitrogen and oxygen atoms in total. The number of aliphatic hydroxyl groups is 2. The summed E-state index contributed by atoms with van der Waals surface area (Å²) in [6, 6.07) is 19.3. The molecule has 3 aliphatic rings. The molecule has 36 heavy (non-hydrogen) atoms. The number of rotatable bonds is 5. The first-order valence-electron chi connectivity index (χ1n) is 12.4. The summed E-state index contributed by atoms with van der Waals surface area (Å²) in [4.78, 5) is 6.64. The van der Waals surface area contributed by atoms with Crippen LogP contribution in [0.4, 0.5) is 0 Å². The van der Waals surface area contributed by atoms with Crippen LogP contribution in [0.3, 0.4) is 0 Å². The lowest BCUT2D eigenvalue weighted by Crippen LogP contribution is -2.52. The van der Waals surface area contributed by atoms with Gasteiger partial charge in [0.1, 0.15) is 11.5 Å². The third-order valence-electron chi connectivity index (χ3n) is 8.28. The largest absolute Gasteiger partial charge is 0.495 e. The number of aromatic nitrogens is 1. The van der Waals surface area contributed by atoms with E-state index in [-0.39, 0.29) is 11.8 Å². The Kier molecular flexibility index (Phi) is 5.49. The zero-order chi connectivity index (χ0) is 24.9. The van der Waals surface area contributed by atoms with Crippen molar-refractivity contribution in [3.63, 3.8) is 0 Å². The number of aliphatic hydroxyl groups excluding tert-OH is 1. The molecule has 2 aliphatic heterocycles. The number of benzene rings is 2. The van der Waals surface area contributed by atoms with Crippen molar-refractivity contribution >= 4 is 0 Å². The highest BCUT2D eigenvalue weighted by Crippen LogP contribution is 2.69. The summed E-state index contributed by atoms with van der Waals surface area (Å²) >= 11 is 0. The van der Waals surface area contributed by atoms with Crippen molar-refractivity contribution in [2.24, 2.45) is 5.92 Å². The lowest BCUT2D eigenvalue weighted by atomic mass is 9.70. The van der Waals surface area contributed by atoms with Crippen molar-refractivity contribution in [3.8, 4) is 17.6 Å². The second kappa shape index (κ2) is 8.59. The SMILES string of the molecule is COc1cncc2c1C1(O)[C@H](O)C(CN3CCCC3)C(c3ccccc3)[C@@]1(c1ccc(C#N)cc1)O2. The van der Waals surface area contributed by atoms with Gasteiger partial charge in [0.05, 0.1) is 42.8 Å². The Bertz CT molecular complexity index is 1300. The molecule has 3 aromatic rings. The van der Waals surface area contributed by atoms with Gasteiger partial charge in [-0.15, -0.1) is 0 Å². The van der Waals surface area contributed by atoms with E-state index in [0.717, 1.165) is 31.5 Å². The molecule has 184 valence electrons. The molecule has 0 bridgehead atoms. The first kappa shape index (κ1) is 23.0. The van der Waals surface area contributed by atoms with Gasteiger partial charge in [-0.3, -0.25) is 4.98 Å². The van der Waals surface area contributed by atoms with Gasteiger partial charge < -0.3 is 24.6 Å². The molecule has 0 amide bonds. The Morgan fingerprint density at radius 1 is 1.11 bits per heavy atom. The highest BCUT2D eigenvalue weighted by Gasteiger charge is 2.76. The van der Waals surface area contributed by atoms with Crippen LogP contribution in [0.25, 0.3) is 0 Å². The average Bonchev–Trinajstić information content (AvgIpc) is 3.58. The molecule has 0 spiro atoms. The Labute approximate surface area is 210 Å². The fraction of sp³-hybridized carbons (Fsp3) is 0.379. The standard InChI is InChI=1S/C29H29N3O4/c1-35-23-16-31-17-24-26(23)28(34)27(33)22(18-32-13-5-6-14-32)25(20-7-3-2-4-8-20)29(28,36-24)21-11-9-19(15-30)10-12-21/h2-4,7-12,16-17,22,25,27,33-34H,5-6,13-14,18H2,1H3/t22?,25?,27-,28?,29-/m1/s1. The number of hydrogen-bond donors (Lipinski definition) is 2. The molecule has 6 rings (SSSR count). The van der Waals surface area contributed by atoms with E-state index in [1.807, 2.05) is 42.5 Å². The summed E-state index contributed by atoms with van der Waals surface area (Å²) in [5.41, 5.74) is -0.570. The minimum atomic E-state index is -1.81. The molecule has 2 fully saturated rings. The number of likely N-dealkylation sites (tertiary alicyclic amines) is 1. The highest BCUT2D eigenvalue weighted by atomic mass is 16.5. The Balaban J connectivity index is 1.63. The number of nitrogens with zero attached hydrogens (tertiary/aromatic N) is 3. The zero-order valence-electron chi connectivity index (χ0n) is 20.2. The Morgan fingerprint density at radius 2 is 1.83 bits per heavy atom. The molecule has 3 heterocycles. The van der Waals surface area contributed by atoms with Crippen LogP contribution < -0.4 is 9.47 Å². The monoisotopic (exact) mass is 483 g/mol.